The molecule has 3 aromatic heterocycles. The van der Waals surface area contributed by atoms with Crippen LogP contribution in [0.15, 0.2) is 42.9 Å². The van der Waals surface area contributed by atoms with E-state index in [-0.39, 0.29) is 28.8 Å². The first-order valence-electron chi connectivity index (χ1n) is 12.9. The molecular formula is C27H30F3N7O2. The van der Waals surface area contributed by atoms with E-state index >= 15 is 0 Å². The van der Waals surface area contributed by atoms with Crippen molar-refractivity contribution in [3.8, 4) is 17.0 Å². The van der Waals surface area contributed by atoms with Crippen LogP contribution >= 0.6 is 0 Å². The maximum Gasteiger partial charge on any atom is 0.573 e. The van der Waals surface area contributed by atoms with E-state index in [9.17, 15) is 18.0 Å². The number of aromatic nitrogens is 4. The quantitative estimate of drug-likeness (QED) is 0.449. The van der Waals surface area contributed by atoms with E-state index in [0.717, 1.165) is 68.5 Å². The summed E-state index contributed by atoms with van der Waals surface area (Å²) >= 11 is 0. The fraction of sp³-hybridized carbons (Fsp3) is 0.444. The number of halogens is 3. The Hall–Kier alpha value is -3.96. The highest BCUT2D eigenvalue weighted by Gasteiger charge is 2.44. The summed E-state index contributed by atoms with van der Waals surface area (Å²) in [7, 11) is 1.68. The number of hydrogen-bond donors (Lipinski definition) is 2. The van der Waals surface area contributed by atoms with Gasteiger partial charge in [-0.3, -0.25) is 9.78 Å². The number of nitrogens with one attached hydrogen (secondary N) is 2. The van der Waals surface area contributed by atoms with Crippen molar-refractivity contribution in [3.05, 3.63) is 48.4 Å². The van der Waals surface area contributed by atoms with Crippen LogP contribution in [0.4, 0.5) is 30.8 Å². The number of hydrogen-bond acceptors (Lipinski definition) is 8. The van der Waals surface area contributed by atoms with Crippen LogP contribution < -0.4 is 20.3 Å². The number of ether oxygens (including phenoxy) is 1. The lowest BCUT2D eigenvalue weighted by Crippen LogP contribution is -2.38. The Bertz CT molecular complexity index is 1350. The van der Waals surface area contributed by atoms with Crippen molar-refractivity contribution in [2.45, 2.75) is 45.4 Å². The fourth-order valence-electron chi connectivity index (χ4n) is 5.67. The molecule has 2 atom stereocenters. The fourth-order valence-corrected chi connectivity index (χ4v) is 5.67. The summed E-state index contributed by atoms with van der Waals surface area (Å²) in [4.78, 5) is 32.5. The average Bonchev–Trinajstić information content (AvgIpc) is 3.30. The normalized spacial score (nSPS) is 21.2. The summed E-state index contributed by atoms with van der Waals surface area (Å²) in [6.45, 7) is 3.42. The van der Waals surface area contributed by atoms with Crippen molar-refractivity contribution >= 4 is 23.5 Å². The Kier molecular flexibility index (Phi) is 7.28. The van der Waals surface area contributed by atoms with E-state index in [0.29, 0.717) is 17.5 Å². The molecule has 1 aliphatic carbocycles. The van der Waals surface area contributed by atoms with E-state index in [2.05, 4.69) is 30.2 Å². The smallest absolute Gasteiger partial charge is 0.406 e. The summed E-state index contributed by atoms with van der Waals surface area (Å²) in [5, 5.41) is 5.81. The van der Waals surface area contributed by atoms with Crippen LogP contribution in [0.1, 0.15) is 37.7 Å². The molecular weight excluding hydrogens is 511 g/mol. The molecule has 1 aliphatic heterocycles. The molecule has 1 amide bonds. The number of carbonyl (C=O) groups excluding carboxylic acids is 1. The van der Waals surface area contributed by atoms with Gasteiger partial charge >= 0.3 is 6.36 Å². The Morgan fingerprint density at radius 1 is 1.15 bits per heavy atom. The number of nitrogens with zero attached hydrogens (tertiary/aromatic N) is 5. The molecule has 0 radical (unpaired) electrons. The number of rotatable bonds is 6. The van der Waals surface area contributed by atoms with Crippen LogP contribution in [0, 0.1) is 18.3 Å². The van der Waals surface area contributed by atoms with Crippen LogP contribution in [-0.4, -0.2) is 52.3 Å². The van der Waals surface area contributed by atoms with Gasteiger partial charge in [0.15, 0.2) is 0 Å². The first-order chi connectivity index (χ1) is 18.6. The molecule has 0 aromatic carbocycles. The average molecular weight is 542 g/mol. The molecule has 2 aliphatic rings. The number of pyridine rings is 2. The molecule has 12 heteroatoms. The van der Waals surface area contributed by atoms with Crippen LogP contribution in [-0.2, 0) is 4.79 Å². The highest BCUT2D eigenvalue weighted by molar-refractivity contribution is 5.78. The molecule has 2 N–H and O–H groups in total. The number of amides is 1. The molecule has 2 fully saturated rings. The minimum Gasteiger partial charge on any atom is -0.406 e. The maximum absolute atomic E-state index is 12.7. The van der Waals surface area contributed by atoms with E-state index in [1.54, 1.807) is 25.5 Å². The second kappa shape index (κ2) is 10.7. The van der Waals surface area contributed by atoms with Crippen LogP contribution in [0.25, 0.3) is 11.3 Å². The Labute approximate surface area is 224 Å². The van der Waals surface area contributed by atoms with Gasteiger partial charge in [0.05, 0.1) is 5.69 Å². The maximum atomic E-state index is 12.7. The first kappa shape index (κ1) is 26.6. The van der Waals surface area contributed by atoms with Crippen LogP contribution in [0.5, 0.6) is 5.75 Å². The summed E-state index contributed by atoms with van der Waals surface area (Å²) < 4.78 is 42.2. The van der Waals surface area contributed by atoms with E-state index in [1.165, 1.54) is 6.20 Å². The zero-order chi connectivity index (χ0) is 27.6. The second-order valence-electron chi connectivity index (χ2n) is 10.3. The minimum atomic E-state index is -4.81. The van der Waals surface area contributed by atoms with Gasteiger partial charge in [0.2, 0.25) is 11.9 Å². The topological polar surface area (TPSA) is 105 Å². The Balaban J connectivity index is 1.45. The van der Waals surface area contributed by atoms with E-state index < -0.39 is 6.36 Å². The van der Waals surface area contributed by atoms with Crippen molar-refractivity contribution in [2.24, 2.45) is 11.3 Å². The van der Waals surface area contributed by atoms with Gasteiger partial charge in [-0.2, -0.15) is 4.98 Å². The highest BCUT2D eigenvalue weighted by atomic mass is 19.4. The molecule has 4 heterocycles. The van der Waals surface area contributed by atoms with Gasteiger partial charge in [-0.25, -0.2) is 9.97 Å². The van der Waals surface area contributed by atoms with Crippen molar-refractivity contribution < 1.29 is 22.7 Å². The number of carbonyl (C=O) groups is 1. The van der Waals surface area contributed by atoms with Gasteiger partial charge in [-0.15, -0.1) is 13.2 Å². The van der Waals surface area contributed by atoms with Gasteiger partial charge in [0.1, 0.15) is 17.4 Å². The summed E-state index contributed by atoms with van der Waals surface area (Å²) in [5.41, 5.74) is 2.43. The Morgan fingerprint density at radius 2 is 2.00 bits per heavy atom. The Morgan fingerprint density at radius 3 is 2.77 bits per heavy atom. The van der Waals surface area contributed by atoms with Crippen LogP contribution in [0.2, 0.25) is 0 Å². The third-order valence-corrected chi connectivity index (χ3v) is 7.53. The zero-order valence-electron chi connectivity index (χ0n) is 21.8. The highest BCUT2D eigenvalue weighted by Crippen LogP contribution is 2.47. The minimum absolute atomic E-state index is 0.00323. The standard InChI is InChI=1S/C27H30F3N7O2/c1-17-5-9-32-15-20(17)21-13-23(35-22-12-19(6-10-33-22)39-27(28,29)30)36-25(34-21)37-11-8-26(16-37)7-3-4-18(14-26)24(38)31-2/h5-6,9-10,12-13,15,18H,3-4,7-8,11,14,16H2,1-2H3,(H,31,38)(H,33,34,35,36). The zero-order valence-corrected chi connectivity index (χ0v) is 21.8. The largest absolute Gasteiger partial charge is 0.573 e. The van der Waals surface area contributed by atoms with E-state index in [4.69, 9.17) is 9.97 Å². The third kappa shape index (κ3) is 6.21. The summed E-state index contributed by atoms with van der Waals surface area (Å²) in [6.07, 6.45) is 4.53. The molecule has 5 rings (SSSR count). The summed E-state index contributed by atoms with van der Waals surface area (Å²) in [5.74, 6) is 0.732. The molecule has 39 heavy (non-hydrogen) atoms. The van der Waals surface area contributed by atoms with Crippen molar-refractivity contribution in [1.29, 1.82) is 0 Å². The molecule has 1 spiro atoms. The van der Waals surface area contributed by atoms with Crippen LogP contribution in [0.3, 0.4) is 0 Å². The van der Waals surface area contributed by atoms with Gasteiger partial charge in [-0.05, 0) is 55.7 Å². The lowest BCUT2D eigenvalue weighted by Gasteiger charge is -2.37. The van der Waals surface area contributed by atoms with Gasteiger partial charge in [0.25, 0.3) is 0 Å². The lowest BCUT2D eigenvalue weighted by molar-refractivity contribution is -0.274. The molecule has 3 aromatic rings. The van der Waals surface area contributed by atoms with Gasteiger partial charge < -0.3 is 20.3 Å². The molecule has 206 valence electrons. The SMILES string of the molecule is CNC(=O)C1CCCC2(CCN(c3nc(Nc4cc(OC(F)(F)F)ccn4)cc(-c4cnccc4C)n3)C2)C1. The molecule has 0 bridgehead atoms. The number of aryl methyl sites for hydroxylation is 1. The molecule has 1 saturated carbocycles. The van der Waals surface area contributed by atoms with Gasteiger partial charge in [-0.1, -0.05) is 6.42 Å². The molecule has 9 nitrogen and oxygen atoms in total. The summed E-state index contributed by atoms with van der Waals surface area (Å²) in [6, 6.07) is 5.90. The van der Waals surface area contributed by atoms with Crippen molar-refractivity contribution in [3.63, 3.8) is 0 Å². The number of alkyl halides is 3. The monoisotopic (exact) mass is 541 g/mol. The number of anilines is 3. The second-order valence-corrected chi connectivity index (χ2v) is 10.3. The van der Waals surface area contributed by atoms with Gasteiger partial charge in [0, 0.05) is 62.3 Å². The van der Waals surface area contributed by atoms with E-state index in [1.807, 2.05) is 13.0 Å². The molecule has 2 unspecified atom stereocenters. The lowest BCUT2D eigenvalue weighted by atomic mass is 9.69. The first-order valence-corrected chi connectivity index (χ1v) is 12.9. The third-order valence-electron chi connectivity index (χ3n) is 7.53. The molecule has 1 saturated heterocycles. The van der Waals surface area contributed by atoms with Crippen molar-refractivity contribution in [2.75, 3.05) is 30.4 Å². The van der Waals surface area contributed by atoms with Crippen molar-refractivity contribution in [1.82, 2.24) is 25.3 Å². The predicted molar refractivity (Wildman–Crippen MR) is 139 cm³/mol. The predicted octanol–water partition coefficient (Wildman–Crippen LogP) is 5.02.